The van der Waals surface area contributed by atoms with Gasteiger partial charge in [-0.2, -0.15) is 18.4 Å². The molecule has 0 bridgehead atoms. The Hall–Kier alpha value is -2.12. The zero-order valence-electron chi connectivity index (χ0n) is 13.8. The van der Waals surface area contributed by atoms with Crippen molar-refractivity contribution >= 4 is 15.7 Å². The summed E-state index contributed by atoms with van der Waals surface area (Å²) in [5.41, 5.74) is -1.23. The maximum Gasteiger partial charge on any atom is 0.417 e. The van der Waals surface area contributed by atoms with Gasteiger partial charge in [-0.25, -0.2) is 8.42 Å². The van der Waals surface area contributed by atoms with Crippen molar-refractivity contribution in [2.45, 2.75) is 35.3 Å². The lowest BCUT2D eigenvalue weighted by molar-refractivity contribution is -0.139. The summed E-state index contributed by atoms with van der Waals surface area (Å²) in [6.45, 7) is -0.250. The molecule has 1 aliphatic rings. The predicted molar refractivity (Wildman–Crippen MR) is 84.6 cm³/mol. The first-order valence-corrected chi connectivity index (χ1v) is 9.25. The van der Waals surface area contributed by atoms with Gasteiger partial charge in [0, 0.05) is 7.11 Å². The highest BCUT2D eigenvalue weighted by atomic mass is 32.2. The third kappa shape index (κ3) is 3.99. The predicted octanol–water partition coefficient (Wildman–Crippen LogP) is 1.91. The third-order valence-electron chi connectivity index (χ3n) is 4.38. The highest BCUT2D eigenvalue weighted by molar-refractivity contribution is 7.92. The number of ether oxygens (including phenoxy) is 1. The third-order valence-corrected chi connectivity index (χ3v) is 6.61. The number of rotatable bonds is 5. The summed E-state index contributed by atoms with van der Waals surface area (Å²) in [4.78, 5) is 11.3. The Morgan fingerprint density at radius 2 is 2.00 bits per heavy atom. The summed E-state index contributed by atoms with van der Waals surface area (Å²) < 4.78 is 70.3. The van der Waals surface area contributed by atoms with E-state index in [4.69, 9.17) is 10.00 Å². The van der Waals surface area contributed by atoms with Gasteiger partial charge < -0.3 is 10.1 Å². The second-order valence-corrected chi connectivity index (χ2v) is 8.09. The van der Waals surface area contributed by atoms with Crippen molar-refractivity contribution in [3.63, 3.8) is 0 Å². The lowest BCUT2D eigenvalue weighted by atomic mass is 10.1. The quantitative estimate of drug-likeness (QED) is 0.775. The van der Waals surface area contributed by atoms with Crippen molar-refractivity contribution < 1.29 is 31.1 Å². The molecule has 1 N–H and O–H groups in total. The Labute approximate surface area is 148 Å². The Morgan fingerprint density at radius 3 is 2.58 bits per heavy atom. The summed E-state index contributed by atoms with van der Waals surface area (Å²) in [6, 6.07) is 5.71. The molecule has 142 valence electrons. The van der Waals surface area contributed by atoms with E-state index in [0.717, 1.165) is 12.1 Å². The van der Waals surface area contributed by atoms with Crippen LogP contribution < -0.4 is 5.32 Å². The van der Waals surface area contributed by atoms with Crippen molar-refractivity contribution in [3.05, 3.63) is 29.8 Å². The number of carbonyl (C=O) groups excluding carboxylic acids is 1. The standard InChI is InChI=1S/C16H17F3N2O4S/c1-25-13-9-10(8-11(13)15(22)21-7-6-20)26(23,24)14-5-3-2-4-12(14)16(17,18)19/h2-5,10-11,13H,7-9H2,1H3,(H,21,22)/t10-,11-,13?/m0/s1. The Bertz CT molecular complexity index is 818. The number of methoxy groups -OCH3 is 1. The van der Waals surface area contributed by atoms with E-state index in [1.54, 1.807) is 6.07 Å². The molecule has 0 saturated heterocycles. The van der Waals surface area contributed by atoms with E-state index < -0.39 is 49.7 Å². The molecular formula is C16H17F3N2O4S. The molecule has 0 radical (unpaired) electrons. The van der Waals surface area contributed by atoms with Crippen LogP contribution >= 0.6 is 0 Å². The zero-order chi connectivity index (χ0) is 19.5. The van der Waals surface area contributed by atoms with Crippen molar-refractivity contribution in [2.75, 3.05) is 13.7 Å². The van der Waals surface area contributed by atoms with Crippen LogP contribution in [0, 0.1) is 17.2 Å². The number of carbonyl (C=O) groups is 1. The fraction of sp³-hybridized carbons (Fsp3) is 0.500. The fourth-order valence-corrected chi connectivity index (χ4v) is 5.15. The van der Waals surface area contributed by atoms with E-state index in [0.29, 0.717) is 6.07 Å². The van der Waals surface area contributed by atoms with Gasteiger partial charge in [-0.15, -0.1) is 0 Å². The molecule has 0 heterocycles. The van der Waals surface area contributed by atoms with Gasteiger partial charge in [-0.05, 0) is 25.0 Å². The maximum atomic E-state index is 13.2. The molecular weight excluding hydrogens is 373 g/mol. The van der Waals surface area contributed by atoms with Gasteiger partial charge in [0.15, 0.2) is 9.84 Å². The number of hydrogen-bond donors (Lipinski definition) is 1. The molecule has 0 aromatic heterocycles. The SMILES string of the molecule is COC1C[C@@H](S(=O)(=O)c2ccccc2C(F)(F)F)C[C@@H]1C(=O)NCC#N. The average Bonchev–Trinajstić information content (AvgIpc) is 3.04. The lowest BCUT2D eigenvalue weighted by Crippen LogP contribution is -2.35. The second-order valence-electron chi connectivity index (χ2n) is 5.89. The number of nitrogens with one attached hydrogen (secondary N) is 1. The van der Waals surface area contributed by atoms with E-state index in [9.17, 15) is 26.4 Å². The molecule has 10 heteroatoms. The molecule has 6 nitrogen and oxygen atoms in total. The van der Waals surface area contributed by atoms with Crippen LogP contribution in [0.5, 0.6) is 0 Å². The molecule has 1 unspecified atom stereocenters. The topological polar surface area (TPSA) is 96.3 Å². The molecule has 0 aliphatic heterocycles. The summed E-state index contributed by atoms with van der Waals surface area (Å²) >= 11 is 0. The van der Waals surface area contributed by atoms with Gasteiger partial charge in [0.05, 0.1) is 33.8 Å². The van der Waals surface area contributed by atoms with Crippen LogP contribution in [0.1, 0.15) is 18.4 Å². The minimum atomic E-state index is -4.81. The smallest absolute Gasteiger partial charge is 0.381 e. The highest BCUT2D eigenvalue weighted by Crippen LogP contribution is 2.40. The average molecular weight is 390 g/mol. The number of alkyl halides is 3. The Kier molecular flexibility index (Phi) is 5.93. The summed E-state index contributed by atoms with van der Waals surface area (Å²) in [6.07, 6.45) is -5.85. The summed E-state index contributed by atoms with van der Waals surface area (Å²) in [5, 5.41) is 9.66. The maximum absolute atomic E-state index is 13.2. The number of halogens is 3. The van der Waals surface area contributed by atoms with Crippen LogP contribution in [-0.4, -0.2) is 39.3 Å². The molecule has 1 aromatic carbocycles. The van der Waals surface area contributed by atoms with Gasteiger partial charge >= 0.3 is 6.18 Å². The largest absolute Gasteiger partial charge is 0.417 e. The number of nitriles is 1. The van der Waals surface area contributed by atoms with Crippen LogP contribution in [-0.2, 0) is 25.5 Å². The van der Waals surface area contributed by atoms with E-state index >= 15 is 0 Å². The van der Waals surface area contributed by atoms with Crippen molar-refractivity contribution in [1.29, 1.82) is 5.26 Å². The van der Waals surface area contributed by atoms with Gasteiger partial charge in [-0.3, -0.25) is 4.79 Å². The van der Waals surface area contributed by atoms with Crippen molar-refractivity contribution in [3.8, 4) is 6.07 Å². The van der Waals surface area contributed by atoms with Gasteiger partial charge in [0.1, 0.15) is 6.54 Å². The molecule has 1 aromatic rings. The van der Waals surface area contributed by atoms with E-state index in [1.165, 1.54) is 13.2 Å². The van der Waals surface area contributed by atoms with Crippen LogP contribution in [0.2, 0.25) is 0 Å². The first-order valence-electron chi connectivity index (χ1n) is 7.70. The first-order chi connectivity index (χ1) is 12.1. The highest BCUT2D eigenvalue weighted by Gasteiger charge is 2.47. The fourth-order valence-electron chi connectivity index (χ4n) is 3.13. The minimum Gasteiger partial charge on any atom is -0.381 e. The number of hydrogen-bond acceptors (Lipinski definition) is 5. The van der Waals surface area contributed by atoms with Crippen LogP contribution in [0.25, 0.3) is 0 Å². The summed E-state index contributed by atoms with van der Waals surface area (Å²) in [7, 11) is -3.03. The number of nitrogens with zero attached hydrogens (tertiary/aromatic N) is 1. The molecule has 1 aliphatic carbocycles. The van der Waals surface area contributed by atoms with Crippen LogP contribution in [0.3, 0.4) is 0 Å². The summed E-state index contributed by atoms with van der Waals surface area (Å²) in [5.74, 6) is -1.41. The normalized spacial score (nSPS) is 23.4. The molecule has 2 rings (SSSR count). The van der Waals surface area contributed by atoms with Crippen LogP contribution in [0.15, 0.2) is 29.2 Å². The van der Waals surface area contributed by atoms with E-state index in [-0.39, 0.29) is 19.4 Å². The number of amides is 1. The first kappa shape index (κ1) is 20.2. The van der Waals surface area contributed by atoms with Crippen molar-refractivity contribution in [1.82, 2.24) is 5.32 Å². The number of sulfone groups is 1. The lowest BCUT2D eigenvalue weighted by Gasteiger charge is -2.16. The minimum absolute atomic E-state index is 0.102. The van der Waals surface area contributed by atoms with Gasteiger partial charge in [0.25, 0.3) is 0 Å². The van der Waals surface area contributed by atoms with Gasteiger partial charge in [0.2, 0.25) is 5.91 Å². The van der Waals surface area contributed by atoms with Crippen molar-refractivity contribution in [2.24, 2.45) is 5.92 Å². The monoisotopic (exact) mass is 390 g/mol. The Balaban J connectivity index is 2.34. The molecule has 0 spiro atoms. The molecule has 3 atom stereocenters. The second kappa shape index (κ2) is 7.63. The Morgan fingerprint density at radius 1 is 1.35 bits per heavy atom. The molecule has 1 amide bonds. The van der Waals surface area contributed by atoms with Gasteiger partial charge in [-0.1, -0.05) is 12.1 Å². The number of benzene rings is 1. The molecule has 1 saturated carbocycles. The van der Waals surface area contributed by atoms with Crippen LogP contribution in [0.4, 0.5) is 13.2 Å². The van der Waals surface area contributed by atoms with E-state index in [1.807, 2.05) is 0 Å². The zero-order valence-corrected chi connectivity index (χ0v) is 14.6. The molecule has 1 fully saturated rings. The molecule has 26 heavy (non-hydrogen) atoms. The van der Waals surface area contributed by atoms with E-state index in [2.05, 4.69) is 5.32 Å².